The highest BCUT2D eigenvalue weighted by Gasteiger charge is 2.21. The number of aromatic nitrogens is 4. The number of hydrogen-bond acceptors (Lipinski definition) is 4. The highest BCUT2D eigenvalue weighted by Crippen LogP contribution is 2.20. The lowest BCUT2D eigenvalue weighted by molar-refractivity contribution is 0.0935. The third-order valence-electron chi connectivity index (χ3n) is 3.32. The van der Waals surface area contributed by atoms with Gasteiger partial charge in [0, 0.05) is 31.8 Å². The van der Waals surface area contributed by atoms with Gasteiger partial charge in [0.1, 0.15) is 17.6 Å². The lowest BCUT2D eigenvalue weighted by atomic mass is 10.1. The Morgan fingerprint density at radius 1 is 1.14 bits per heavy atom. The summed E-state index contributed by atoms with van der Waals surface area (Å²) in [6.07, 6.45) is 8.02. The molecule has 1 atom stereocenters. The predicted molar refractivity (Wildman–Crippen MR) is 81.0 cm³/mol. The van der Waals surface area contributed by atoms with Crippen molar-refractivity contribution in [3.8, 4) is 0 Å². The molecule has 0 bridgehead atoms. The van der Waals surface area contributed by atoms with E-state index in [0.29, 0.717) is 0 Å². The van der Waals surface area contributed by atoms with Gasteiger partial charge in [-0.2, -0.15) is 0 Å². The molecule has 6 nitrogen and oxygen atoms in total. The molecule has 0 radical (unpaired) electrons. The zero-order valence-electron chi connectivity index (χ0n) is 12.0. The number of nitrogens with zero attached hydrogens (tertiary/aromatic N) is 4. The second-order valence-electron chi connectivity index (χ2n) is 4.80. The quantitative estimate of drug-likeness (QED) is 0.795. The topological polar surface area (TPSA) is 72.7 Å². The van der Waals surface area contributed by atoms with Crippen LogP contribution in [0.25, 0.3) is 0 Å². The fourth-order valence-corrected chi connectivity index (χ4v) is 2.22. The van der Waals surface area contributed by atoms with Crippen LogP contribution >= 0.6 is 0 Å². The van der Waals surface area contributed by atoms with Gasteiger partial charge >= 0.3 is 0 Å². The van der Waals surface area contributed by atoms with E-state index in [9.17, 15) is 4.79 Å². The predicted octanol–water partition coefficient (Wildman–Crippen LogP) is 1.73. The van der Waals surface area contributed by atoms with Crippen LogP contribution in [0, 0.1) is 0 Å². The van der Waals surface area contributed by atoms with Gasteiger partial charge < -0.3 is 9.88 Å². The van der Waals surface area contributed by atoms with Gasteiger partial charge in [-0.3, -0.25) is 9.78 Å². The molecular formula is C16H15N5O. The Kier molecular flexibility index (Phi) is 3.91. The van der Waals surface area contributed by atoms with Gasteiger partial charge in [-0.1, -0.05) is 30.3 Å². The molecule has 0 spiro atoms. The molecule has 6 heteroatoms. The number of benzene rings is 1. The van der Waals surface area contributed by atoms with Gasteiger partial charge in [0.25, 0.3) is 5.91 Å². The molecule has 0 fully saturated rings. The van der Waals surface area contributed by atoms with Crippen LogP contribution in [0.2, 0.25) is 0 Å². The summed E-state index contributed by atoms with van der Waals surface area (Å²) in [7, 11) is 1.90. The first kappa shape index (κ1) is 13.9. The SMILES string of the molecule is Cn1ccnc1C(NC(=O)c1cnccn1)c1ccccc1. The van der Waals surface area contributed by atoms with E-state index in [0.717, 1.165) is 11.4 Å². The van der Waals surface area contributed by atoms with Crippen molar-refractivity contribution >= 4 is 5.91 Å². The molecule has 110 valence electrons. The van der Waals surface area contributed by atoms with E-state index in [4.69, 9.17) is 0 Å². The third-order valence-corrected chi connectivity index (χ3v) is 3.32. The van der Waals surface area contributed by atoms with Gasteiger partial charge in [-0.25, -0.2) is 9.97 Å². The van der Waals surface area contributed by atoms with Gasteiger partial charge in [0.2, 0.25) is 0 Å². The number of carbonyl (C=O) groups is 1. The van der Waals surface area contributed by atoms with Crippen molar-refractivity contribution < 1.29 is 4.79 Å². The molecule has 1 unspecified atom stereocenters. The second-order valence-corrected chi connectivity index (χ2v) is 4.80. The van der Waals surface area contributed by atoms with E-state index in [1.165, 1.54) is 18.6 Å². The average Bonchev–Trinajstić information content (AvgIpc) is 3.00. The summed E-state index contributed by atoms with van der Waals surface area (Å²) in [6, 6.07) is 9.35. The maximum Gasteiger partial charge on any atom is 0.272 e. The van der Waals surface area contributed by atoms with Gasteiger partial charge in [0.05, 0.1) is 6.20 Å². The monoisotopic (exact) mass is 293 g/mol. The van der Waals surface area contributed by atoms with Crippen molar-refractivity contribution in [3.05, 3.63) is 78.4 Å². The fourth-order valence-electron chi connectivity index (χ4n) is 2.22. The minimum absolute atomic E-state index is 0.276. The van der Waals surface area contributed by atoms with Crippen molar-refractivity contribution in [2.45, 2.75) is 6.04 Å². The van der Waals surface area contributed by atoms with Crippen LogP contribution in [0.3, 0.4) is 0 Å². The number of nitrogens with one attached hydrogen (secondary N) is 1. The first-order valence-electron chi connectivity index (χ1n) is 6.85. The van der Waals surface area contributed by atoms with Crippen LogP contribution in [0.15, 0.2) is 61.3 Å². The number of imidazole rings is 1. The van der Waals surface area contributed by atoms with E-state index in [-0.39, 0.29) is 17.6 Å². The van der Waals surface area contributed by atoms with Crippen molar-refractivity contribution in [2.24, 2.45) is 7.05 Å². The molecule has 0 aliphatic rings. The summed E-state index contributed by atoms with van der Waals surface area (Å²) in [4.78, 5) is 24.7. The summed E-state index contributed by atoms with van der Waals surface area (Å²) in [5.74, 6) is 0.466. The Hall–Kier alpha value is -3.02. The van der Waals surface area contributed by atoms with Crippen molar-refractivity contribution in [3.63, 3.8) is 0 Å². The summed E-state index contributed by atoms with van der Waals surface area (Å²) >= 11 is 0. The number of aryl methyl sites for hydroxylation is 1. The molecule has 0 aliphatic heterocycles. The van der Waals surface area contributed by atoms with Crippen molar-refractivity contribution in [1.82, 2.24) is 24.8 Å². The van der Waals surface area contributed by atoms with E-state index >= 15 is 0 Å². The average molecular weight is 293 g/mol. The highest BCUT2D eigenvalue weighted by atomic mass is 16.2. The Morgan fingerprint density at radius 3 is 2.59 bits per heavy atom. The van der Waals surface area contributed by atoms with Crippen LogP contribution in [0.4, 0.5) is 0 Å². The van der Waals surface area contributed by atoms with Crippen molar-refractivity contribution in [2.75, 3.05) is 0 Å². The summed E-state index contributed by atoms with van der Waals surface area (Å²) in [5.41, 5.74) is 1.23. The minimum atomic E-state index is -0.351. The lowest BCUT2D eigenvalue weighted by Gasteiger charge is -2.18. The zero-order valence-corrected chi connectivity index (χ0v) is 12.0. The Labute approximate surface area is 127 Å². The first-order valence-corrected chi connectivity index (χ1v) is 6.85. The molecule has 0 saturated carbocycles. The van der Waals surface area contributed by atoms with Gasteiger partial charge in [-0.05, 0) is 5.56 Å². The smallest absolute Gasteiger partial charge is 0.272 e. The van der Waals surface area contributed by atoms with Crippen LogP contribution in [0.1, 0.15) is 27.9 Å². The second kappa shape index (κ2) is 6.17. The molecule has 1 N–H and O–H groups in total. The van der Waals surface area contributed by atoms with Crippen molar-refractivity contribution in [1.29, 1.82) is 0 Å². The molecule has 0 saturated heterocycles. The first-order chi connectivity index (χ1) is 10.8. The minimum Gasteiger partial charge on any atom is -0.337 e. The molecule has 1 amide bonds. The van der Waals surface area contributed by atoms with Crippen LogP contribution in [-0.2, 0) is 7.05 Å². The van der Waals surface area contributed by atoms with Gasteiger partial charge in [0.15, 0.2) is 0 Å². The van der Waals surface area contributed by atoms with E-state index < -0.39 is 0 Å². The lowest BCUT2D eigenvalue weighted by Crippen LogP contribution is -2.31. The number of carbonyl (C=O) groups excluding carboxylic acids is 1. The standard InChI is InChI=1S/C16H15N5O/c1-21-10-9-19-15(21)14(12-5-3-2-4-6-12)20-16(22)13-11-17-7-8-18-13/h2-11,14H,1H3,(H,20,22). The molecule has 22 heavy (non-hydrogen) atoms. The Bertz CT molecular complexity index is 754. The Morgan fingerprint density at radius 2 is 1.95 bits per heavy atom. The molecule has 3 aromatic rings. The molecule has 1 aromatic carbocycles. The van der Waals surface area contributed by atoms with E-state index in [2.05, 4.69) is 20.3 Å². The molecule has 3 rings (SSSR count). The summed E-state index contributed by atoms with van der Waals surface area (Å²) in [6.45, 7) is 0. The Balaban J connectivity index is 1.93. The largest absolute Gasteiger partial charge is 0.337 e. The number of rotatable bonds is 4. The van der Waals surface area contributed by atoms with Gasteiger partial charge in [-0.15, -0.1) is 0 Å². The normalized spacial score (nSPS) is 11.9. The molecule has 0 aliphatic carbocycles. The molecular weight excluding hydrogens is 278 g/mol. The zero-order chi connectivity index (χ0) is 15.4. The van der Waals surface area contributed by atoms with Crippen LogP contribution in [-0.4, -0.2) is 25.4 Å². The number of amides is 1. The van der Waals surface area contributed by atoms with E-state index in [1.54, 1.807) is 6.20 Å². The van der Waals surface area contributed by atoms with Crippen LogP contribution in [0.5, 0.6) is 0 Å². The summed E-state index contributed by atoms with van der Waals surface area (Å²) in [5, 5.41) is 2.97. The maximum absolute atomic E-state index is 12.4. The van der Waals surface area contributed by atoms with E-state index in [1.807, 2.05) is 48.1 Å². The maximum atomic E-state index is 12.4. The van der Waals surface area contributed by atoms with Crippen LogP contribution < -0.4 is 5.32 Å². The molecule has 2 heterocycles. The summed E-state index contributed by atoms with van der Waals surface area (Å²) < 4.78 is 1.88. The number of hydrogen-bond donors (Lipinski definition) is 1. The molecule has 2 aromatic heterocycles. The highest BCUT2D eigenvalue weighted by molar-refractivity contribution is 5.92. The fraction of sp³-hybridized carbons (Fsp3) is 0.125. The third kappa shape index (κ3) is 2.85.